The lowest BCUT2D eigenvalue weighted by molar-refractivity contribution is -0.187. The summed E-state index contributed by atoms with van der Waals surface area (Å²) >= 11 is 0. The van der Waals surface area contributed by atoms with Crippen LogP contribution in [0.15, 0.2) is 6.20 Å². The van der Waals surface area contributed by atoms with Crippen molar-refractivity contribution in [3.05, 3.63) is 23.0 Å². The number of aliphatic hydroxyl groups is 1. The molecule has 2 rings (SSSR count). The Morgan fingerprint density at radius 1 is 1.39 bits per heavy atom. The number of carbonyl (C=O) groups excluding carboxylic acids is 1. The Labute approximate surface area is 133 Å². The number of halogens is 3. The van der Waals surface area contributed by atoms with E-state index in [0.29, 0.717) is 24.1 Å². The van der Waals surface area contributed by atoms with E-state index < -0.39 is 24.0 Å². The van der Waals surface area contributed by atoms with Crippen molar-refractivity contribution < 1.29 is 27.8 Å². The van der Waals surface area contributed by atoms with Crippen molar-refractivity contribution in [3.8, 4) is 0 Å². The van der Waals surface area contributed by atoms with E-state index in [9.17, 15) is 23.1 Å². The largest absolute Gasteiger partial charge is 0.465 e. The van der Waals surface area contributed by atoms with Crippen LogP contribution in [0.25, 0.3) is 0 Å². The number of hydrogen-bond donors (Lipinski definition) is 1. The molecular formula is C16H22F3NO3. The lowest BCUT2D eigenvalue weighted by atomic mass is 9.76. The maximum Gasteiger partial charge on any atom is 0.392 e. The molecule has 0 radical (unpaired) electrons. The second-order valence-corrected chi connectivity index (χ2v) is 6.00. The van der Waals surface area contributed by atoms with Gasteiger partial charge in [-0.1, -0.05) is 12.8 Å². The standard InChI is InChI=1S/C16H22F3NO3/c1-10-12(15(22)23-2)9-20(7-8-21)14(10)11-5-3-4-6-13(11)16(17,18)19/h9,11,13,21H,3-8H2,1-2H3. The highest BCUT2D eigenvalue weighted by atomic mass is 19.4. The zero-order valence-electron chi connectivity index (χ0n) is 13.3. The zero-order chi connectivity index (χ0) is 17.2. The first-order chi connectivity index (χ1) is 10.8. The average Bonchev–Trinajstić information content (AvgIpc) is 2.82. The second kappa shape index (κ2) is 6.95. The Morgan fingerprint density at radius 2 is 2.04 bits per heavy atom. The number of aromatic nitrogens is 1. The predicted octanol–water partition coefficient (Wildman–Crippen LogP) is 3.41. The van der Waals surface area contributed by atoms with Crippen molar-refractivity contribution in [1.82, 2.24) is 4.57 Å². The van der Waals surface area contributed by atoms with E-state index in [4.69, 9.17) is 4.74 Å². The third-order valence-electron chi connectivity index (χ3n) is 4.67. The molecule has 1 aliphatic carbocycles. The van der Waals surface area contributed by atoms with Crippen LogP contribution in [0.4, 0.5) is 13.2 Å². The Morgan fingerprint density at radius 3 is 2.61 bits per heavy atom. The second-order valence-electron chi connectivity index (χ2n) is 6.00. The van der Waals surface area contributed by atoms with E-state index in [0.717, 1.165) is 6.42 Å². The molecule has 1 fully saturated rings. The van der Waals surface area contributed by atoms with Crippen LogP contribution < -0.4 is 0 Å². The van der Waals surface area contributed by atoms with Gasteiger partial charge in [0.2, 0.25) is 0 Å². The van der Waals surface area contributed by atoms with Gasteiger partial charge in [0.1, 0.15) is 0 Å². The SMILES string of the molecule is COC(=O)c1cn(CCO)c(C2CCCCC2C(F)(F)F)c1C. The van der Waals surface area contributed by atoms with Crippen LogP contribution in [-0.4, -0.2) is 35.5 Å². The summed E-state index contributed by atoms with van der Waals surface area (Å²) in [4.78, 5) is 11.8. The molecule has 1 N–H and O–H groups in total. The lowest BCUT2D eigenvalue weighted by Crippen LogP contribution is -2.33. The summed E-state index contributed by atoms with van der Waals surface area (Å²) in [6.07, 6.45) is -0.947. The van der Waals surface area contributed by atoms with E-state index in [1.54, 1.807) is 11.5 Å². The van der Waals surface area contributed by atoms with E-state index >= 15 is 0 Å². The number of alkyl halides is 3. The number of aliphatic hydroxyl groups excluding tert-OH is 1. The highest BCUT2D eigenvalue weighted by Crippen LogP contribution is 2.47. The van der Waals surface area contributed by atoms with Gasteiger partial charge in [-0.15, -0.1) is 0 Å². The summed E-state index contributed by atoms with van der Waals surface area (Å²) in [7, 11) is 1.24. The van der Waals surface area contributed by atoms with Crippen LogP contribution in [0.5, 0.6) is 0 Å². The van der Waals surface area contributed by atoms with Gasteiger partial charge in [0, 0.05) is 24.4 Å². The summed E-state index contributed by atoms with van der Waals surface area (Å²) in [5.41, 5.74) is 1.29. The zero-order valence-corrected chi connectivity index (χ0v) is 13.3. The van der Waals surface area contributed by atoms with Gasteiger partial charge >= 0.3 is 12.1 Å². The highest BCUT2D eigenvalue weighted by molar-refractivity contribution is 5.91. The number of methoxy groups -OCH3 is 1. The van der Waals surface area contributed by atoms with Gasteiger partial charge in [-0.25, -0.2) is 4.79 Å². The maximum atomic E-state index is 13.4. The molecule has 0 amide bonds. The van der Waals surface area contributed by atoms with E-state index in [1.165, 1.54) is 13.3 Å². The molecule has 4 nitrogen and oxygen atoms in total. The molecule has 2 atom stereocenters. The summed E-state index contributed by atoms with van der Waals surface area (Å²) in [5.74, 6) is -2.67. The molecule has 1 saturated carbocycles. The van der Waals surface area contributed by atoms with Crippen molar-refractivity contribution in [3.63, 3.8) is 0 Å². The average molecular weight is 333 g/mol. The van der Waals surface area contributed by atoms with Crippen LogP contribution in [0, 0.1) is 12.8 Å². The van der Waals surface area contributed by atoms with Gasteiger partial charge in [0.15, 0.2) is 0 Å². The number of rotatable bonds is 4. The van der Waals surface area contributed by atoms with Crippen LogP contribution in [0.2, 0.25) is 0 Å². The normalized spacial score (nSPS) is 22.2. The van der Waals surface area contributed by atoms with Crippen LogP contribution in [0.1, 0.15) is 53.2 Å². The number of ether oxygens (including phenoxy) is 1. The van der Waals surface area contributed by atoms with Gasteiger partial charge in [0.25, 0.3) is 0 Å². The Balaban J connectivity index is 2.50. The van der Waals surface area contributed by atoms with Gasteiger partial charge in [-0.05, 0) is 25.3 Å². The highest BCUT2D eigenvalue weighted by Gasteiger charge is 2.47. The fourth-order valence-electron chi connectivity index (χ4n) is 3.63. The molecule has 2 unspecified atom stereocenters. The summed E-state index contributed by atoms with van der Waals surface area (Å²) in [6.45, 7) is 1.61. The first kappa shape index (κ1) is 17.8. The maximum absolute atomic E-state index is 13.4. The monoisotopic (exact) mass is 333 g/mol. The molecule has 130 valence electrons. The Hall–Kier alpha value is -1.50. The number of hydrogen-bond acceptors (Lipinski definition) is 3. The molecule has 0 saturated heterocycles. The molecule has 0 aliphatic heterocycles. The minimum Gasteiger partial charge on any atom is -0.465 e. The van der Waals surface area contributed by atoms with E-state index in [-0.39, 0.29) is 25.1 Å². The third kappa shape index (κ3) is 3.54. The molecule has 0 spiro atoms. The Kier molecular flexibility index (Phi) is 5.39. The predicted molar refractivity (Wildman–Crippen MR) is 78.3 cm³/mol. The molecule has 1 heterocycles. The van der Waals surface area contributed by atoms with Crippen molar-refractivity contribution in [2.24, 2.45) is 5.92 Å². The first-order valence-corrected chi connectivity index (χ1v) is 7.76. The fourth-order valence-corrected chi connectivity index (χ4v) is 3.63. The van der Waals surface area contributed by atoms with Gasteiger partial charge < -0.3 is 14.4 Å². The minimum absolute atomic E-state index is 0.103. The van der Waals surface area contributed by atoms with Crippen molar-refractivity contribution in [2.75, 3.05) is 13.7 Å². The minimum atomic E-state index is -4.27. The third-order valence-corrected chi connectivity index (χ3v) is 4.67. The quantitative estimate of drug-likeness (QED) is 0.859. The molecule has 0 bridgehead atoms. The lowest BCUT2D eigenvalue weighted by Gasteiger charge is -2.34. The fraction of sp³-hybridized carbons (Fsp3) is 0.688. The molecule has 1 aromatic heterocycles. The molecule has 1 aromatic rings. The number of carbonyl (C=O) groups is 1. The molecular weight excluding hydrogens is 311 g/mol. The summed E-state index contributed by atoms with van der Waals surface area (Å²) in [6, 6.07) is 0. The molecule has 0 aromatic carbocycles. The Bertz CT molecular complexity index is 566. The van der Waals surface area contributed by atoms with Gasteiger partial charge in [0.05, 0.1) is 25.2 Å². The molecule has 23 heavy (non-hydrogen) atoms. The summed E-state index contributed by atoms with van der Waals surface area (Å²) in [5, 5.41) is 9.20. The smallest absolute Gasteiger partial charge is 0.392 e. The molecule has 1 aliphatic rings. The number of esters is 1. The first-order valence-electron chi connectivity index (χ1n) is 7.76. The van der Waals surface area contributed by atoms with E-state index in [1.807, 2.05) is 0 Å². The van der Waals surface area contributed by atoms with Crippen LogP contribution in [-0.2, 0) is 11.3 Å². The number of nitrogens with zero attached hydrogens (tertiary/aromatic N) is 1. The van der Waals surface area contributed by atoms with Crippen LogP contribution >= 0.6 is 0 Å². The summed E-state index contributed by atoms with van der Waals surface area (Å²) < 4.78 is 46.5. The van der Waals surface area contributed by atoms with Gasteiger partial charge in [-0.2, -0.15) is 13.2 Å². The van der Waals surface area contributed by atoms with Crippen molar-refractivity contribution in [2.45, 2.75) is 51.2 Å². The van der Waals surface area contributed by atoms with Crippen molar-refractivity contribution in [1.29, 1.82) is 0 Å². The molecule has 7 heteroatoms. The van der Waals surface area contributed by atoms with Crippen LogP contribution in [0.3, 0.4) is 0 Å². The van der Waals surface area contributed by atoms with E-state index in [2.05, 4.69) is 0 Å². The van der Waals surface area contributed by atoms with Crippen molar-refractivity contribution >= 4 is 5.97 Å². The topological polar surface area (TPSA) is 51.5 Å². The van der Waals surface area contributed by atoms with Gasteiger partial charge in [-0.3, -0.25) is 0 Å².